The average molecular weight is 298 g/mol. The van der Waals surface area contributed by atoms with Crippen LogP contribution in [0.4, 0.5) is 17.6 Å². The van der Waals surface area contributed by atoms with Crippen molar-refractivity contribution in [2.24, 2.45) is 0 Å². The van der Waals surface area contributed by atoms with E-state index in [1.807, 2.05) is 26.0 Å². The first-order valence-corrected chi connectivity index (χ1v) is 6.54. The molecule has 5 heteroatoms. The van der Waals surface area contributed by atoms with E-state index >= 15 is 0 Å². The second-order valence-electron chi connectivity index (χ2n) is 3.80. The number of hydrogen-bond donors (Lipinski definition) is 1. The van der Waals surface area contributed by atoms with Gasteiger partial charge in [-0.15, -0.1) is 0 Å². The van der Waals surface area contributed by atoms with Crippen LogP contribution in [0.25, 0.3) is 0 Å². The largest absolute Gasteiger partial charge is 0.397 e. The Morgan fingerprint density at radius 1 is 1.05 bits per heavy atom. The summed E-state index contributed by atoms with van der Waals surface area (Å²) in [4.78, 5) is 0. The quantitative estimate of drug-likeness (QED) is 0.675. The zero-order valence-electron chi connectivity index (χ0n) is 13.1. The molecule has 1 N–H and O–H groups in total. The van der Waals surface area contributed by atoms with Gasteiger partial charge in [0.15, 0.2) is 0 Å². The molecule has 0 aromatic heterocycles. The van der Waals surface area contributed by atoms with Crippen LogP contribution in [0.2, 0.25) is 0 Å². The first-order valence-electron chi connectivity index (χ1n) is 6.54. The van der Waals surface area contributed by atoms with Crippen molar-refractivity contribution < 1.29 is 22.7 Å². The highest BCUT2D eigenvalue weighted by atomic mass is 19.4. The topological polar surface area (TPSA) is 20.2 Å². The molecule has 0 radical (unpaired) electrons. The first-order chi connectivity index (χ1) is 9.11. The summed E-state index contributed by atoms with van der Waals surface area (Å²) in [7, 11) is 0. The minimum atomic E-state index is -4.00. The molecule has 0 amide bonds. The number of aliphatic hydroxyl groups excluding tert-OH is 1. The van der Waals surface area contributed by atoms with Gasteiger partial charge in [0, 0.05) is 13.5 Å². The molecule has 0 aliphatic carbocycles. The normalized spacial score (nSPS) is 9.40. The van der Waals surface area contributed by atoms with E-state index in [1.54, 1.807) is 6.92 Å². The van der Waals surface area contributed by atoms with Gasteiger partial charge in [0.05, 0.1) is 0 Å². The third-order valence-electron chi connectivity index (χ3n) is 1.54. The molecule has 0 atom stereocenters. The van der Waals surface area contributed by atoms with Gasteiger partial charge in [0.25, 0.3) is 0 Å². The maximum Gasteiger partial charge on any atom is 0.386 e. The molecular formula is C15H26F4O. The summed E-state index contributed by atoms with van der Waals surface area (Å²) in [5.41, 5.74) is 1.18. The molecule has 120 valence electrons. The number of hydrogen-bond acceptors (Lipinski definition) is 1. The summed E-state index contributed by atoms with van der Waals surface area (Å²) in [6.07, 6.45) is -4.00. The van der Waals surface area contributed by atoms with Gasteiger partial charge in [0.1, 0.15) is 5.82 Å². The van der Waals surface area contributed by atoms with Crippen molar-refractivity contribution in [3.63, 3.8) is 0 Å². The third kappa shape index (κ3) is 25.7. The van der Waals surface area contributed by atoms with E-state index in [0.29, 0.717) is 5.92 Å². The molecule has 0 unspecified atom stereocenters. The molecule has 0 spiro atoms. The van der Waals surface area contributed by atoms with E-state index in [9.17, 15) is 17.6 Å². The Hall–Kier alpha value is -1.10. The Balaban J connectivity index is -0.000000245. The zero-order chi connectivity index (χ0) is 16.8. The summed E-state index contributed by atoms with van der Waals surface area (Å²) < 4.78 is 43.4. The van der Waals surface area contributed by atoms with Crippen molar-refractivity contribution >= 4 is 0 Å². The summed E-state index contributed by atoms with van der Waals surface area (Å²) in [6.45, 7) is 10.3. The van der Waals surface area contributed by atoms with Gasteiger partial charge in [-0.3, -0.25) is 0 Å². The minimum absolute atomic E-state index is 0.163. The van der Waals surface area contributed by atoms with Crippen molar-refractivity contribution in [2.75, 3.05) is 6.61 Å². The summed E-state index contributed by atoms with van der Waals surface area (Å²) >= 11 is 0. The summed E-state index contributed by atoms with van der Waals surface area (Å²) in [5, 5.41) is 7.57. The molecular weight excluding hydrogens is 272 g/mol. The smallest absolute Gasteiger partial charge is 0.386 e. The minimum Gasteiger partial charge on any atom is -0.397 e. The second-order valence-corrected chi connectivity index (χ2v) is 3.80. The molecule has 1 rings (SSSR count). The lowest BCUT2D eigenvalue weighted by Crippen LogP contribution is -1.95. The Labute approximate surface area is 119 Å². The molecule has 1 aromatic rings. The molecule has 0 fully saturated rings. The number of alkyl halides is 3. The van der Waals surface area contributed by atoms with Gasteiger partial charge in [-0.1, -0.05) is 39.8 Å². The molecule has 0 saturated heterocycles. The fourth-order valence-electron chi connectivity index (χ4n) is 0.848. The molecule has 0 aliphatic rings. The fourth-order valence-corrected chi connectivity index (χ4v) is 0.848. The molecule has 0 aliphatic heterocycles. The second kappa shape index (κ2) is 14.3. The van der Waals surface area contributed by atoms with E-state index in [0.717, 1.165) is 0 Å². The van der Waals surface area contributed by atoms with Gasteiger partial charge in [-0.25, -0.2) is 4.39 Å². The van der Waals surface area contributed by atoms with Crippen LogP contribution in [0.3, 0.4) is 0 Å². The van der Waals surface area contributed by atoms with Crippen molar-refractivity contribution in [1.82, 2.24) is 0 Å². The van der Waals surface area contributed by atoms with E-state index in [4.69, 9.17) is 5.11 Å². The Bertz CT molecular complexity index is 286. The van der Waals surface area contributed by atoms with Crippen molar-refractivity contribution in [3.8, 4) is 0 Å². The highest BCUT2D eigenvalue weighted by Crippen LogP contribution is 2.13. The van der Waals surface area contributed by atoms with Crippen molar-refractivity contribution in [1.29, 1.82) is 0 Å². The van der Waals surface area contributed by atoms with Gasteiger partial charge in [-0.05, 0) is 30.5 Å². The lowest BCUT2D eigenvalue weighted by molar-refractivity contribution is -0.110. The predicted octanol–water partition coefficient (Wildman–Crippen LogP) is 5.54. The standard InChI is InChI=1S/C9H11F.C2H3F3.C2H6O.C2H6/c1-7(2)8-3-5-9(10)6-4-8;1-2(3,4)5;1-2-3;1-2/h3-7H,1-2H3;1H3;3H,2H2,1H3;1-2H3. The SMILES string of the molecule is CC.CC(C)c1ccc(F)cc1.CC(F)(F)F.CCO. The Morgan fingerprint density at radius 3 is 1.50 bits per heavy atom. The third-order valence-corrected chi connectivity index (χ3v) is 1.54. The maximum atomic E-state index is 12.4. The monoisotopic (exact) mass is 298 g/mol. The zero-order valence-corrected chi connectivity index (χ0v) is 13.1. The molecule has 0 heterocycles. The van der Waals surface area contributed by atoms with Gasteiger partial charge in [-0.2, -0.15) is 13.2 Å². The highest BCUT2D eigenvalue weighted by molar-refractivity contribution is 5.18. The van der Waals surface area contributed by atoms with E-state index in [-0.39, 0.29) is 19.3 Å². The Kier molecular flexibility index (Phi) is 17.1. The van der Waals surface area contributed by atoms with Crippen LogP contribution in [0.5, 0.6) is 0 Å². The van der Waals surface area contributed by atoms with Gasteiger partial charge >= 0.3 is 6.18 Å². The van der Waals surface area contributed by atoms with Crippen molar-refractivity contribution in [3.05, 3.63) is 35.6 Å². The predicted molar refractivity (Wildman–Crippen MR) is 76.3 cm³/mol. The van der Waals surface area contributed by atoms with Gasteiger partial charge in [0.2, 0.25) is 0 Å². The van der Waals surface area contributed by atoms with E-state index in [2.05, 4.69) is 13.8 Å². The highest BCUT2D eigenvalue weighted by Gasteiger charge is 2.15. The average Bonchev–Trinajstić information content (AvgIpc) is 2.31. The van der Waals surface area contributed by atoms with Crippen LogP contribution in [0.1, 0.15) is 53.0 Å². The van der Waals surface area contributed by atoms with Crippen LogP contribution in [0.15, 0.2) is 24.3 Å². The van der Waals surface area contributed by atoms with Crippen LogP contribution in [-0.2, 0) is 0 Å². The molecule has 20 heavy (non-hydrogen) atoms. The molecule has 0 saturated carbocycles. The van der Waals surface area contributed by atoms with Gasteiger partial charge < -0.3 is 5.11 Å². The summed E-state index contributed by atoms with van der Waals surface area (Å²) in [5.74, 6) is 0.324. The number of halogens is 4. The van der Waals surface area contributed by atoms with Crippen LogP contribution in [-0.4, -0.2) is 17.9 Å². The number of rotatable bonds is 1. The lowest BCUT2D eigenvalue weighted by atomic mass is 10.0. The number of aliphatic hydroxyl groups is 1. The maximum absolute atomic E-state index is 12.4. The molecule has 0 bridgehead atoms. The summed E-state index contributed by atoms with van der Waals surface area (Å²) in [6, 6.07) is 6.63. The van der Waals surface area contributed by atoms with Crippen LogP contribution in [0, 0.1) is 5.82 Å². The molecule has 1 aromatic carbocycles. The molecule has 1 nitrogen and oxygen atoms in total. The van der Waals surface area contributed by atoms with E-state index in [1.165, 1.54) is 17.7 Å². The Morgan fingerprint density at radius 2 is 1.30 bits per heavy atom. The van der Waals surface area contributed by atoms with Crippen molar-refractivity contribution in [2.45, 2.75) is 53.6 Å². The van der Waals surface area contributed by atoms with Crippen LogP contribution >= 0.6 is 0 Å². The number of benzene rings is 1. The van der Waals surface area contributed by atoms with E-state index < -0.39 is 6.18 Å². The lowest BCUT2D eigenvalue weighted by Gasteiger charge is -2.02. The fraction of sp³-hybridized carbons (Fsp3) is 0.600. The first kappa shape index (κ1) is 24.0. The van der Waals surface area contributed by atoms with Crippen LogP contribution < -0.4 is 0 Å².